The fraction of sp³-hybridized carbons (Fsp3) is 0.579. The molecule has 0 radical (unpaired) electrons. The van der Waals surface area contributed by atoms with Crippen molar-refractivity contribution in [3.63, 3.8) is 0 Å². The average molecular weight is 362 g/mol. The number of likely N-dealkylation sites (tertiary alicyclic amines) is 1. The molecule has 2 fully saturated rings. The number of amides is 2. The number of carbonyl (C=O) groups excluding carboxylic acids is 2. The first kappa shape index (κ1) is 18.5. The summed E-state index contributed by atoms with van der Waals surface area (Å²) in [6, 6.07) is 9.43. The van der Waals surface area contributed by atoms with Crippen molar-refractivity contribution in [1.82, 2.24) is 10.2 Å². The lowest BCUT2D eigenvalue weighted by atomic mass is 10.1. The predicted octanol–water partition coefficient (Wildman–Crippen LogP) is 2.14. The van der Waals surface area contributed by atoms with Gasteiger partial charge in [0, 0.05) is 19.0 Å². The molecule has 1 aromatic carbocycles. The Balaban J connectivity index is 1.39. The highest BCUT2D eigenvalue weighted by Crippen LogP contribution is 2.34. The monoisotopic (exact) mass is 362 g/mol. The maximum atomic E-state index is 12.2. The van der Waals surface area contributed by atoms with Gasteiger partial charge in [0.2, 0.25) is 0 Å². The molecule has 1 aliphatic heterocycles. The number of aliphatic hydroxyl groups excluding tert-OH is 1. The van der Waals surface area contributed by atoms with Crippen LogP contribution in [-0.2, 0) is 16.1 Å². The van der Waals surface area contributed by atoms with E-state index in [2.05, 4.69) is 5.32 Å². The number of aliphatic hydroxyl groups is 1. The molecule has 1 saturated heterocycles. The standard InChI is InChI=1S/C19H26N2O5/c1-13(15-7-8-15)26-18(23)20-9-16-10-21(11-17(16)22)19(24)25-12-14-5-3-2-4-6-14/h2-6,13,15-17,22H,7-12H2,1H3,(H,20,23)/t13-,16-,17+/m1/s1. The van der Waals surface area contributed by atoms with Crippen LogP contribution in [0.4, 0.5) is 9.59 Å². The van der Waals surface area contributed by atoms with Gasteiger partial charge in [-0.25, -0.2) is 9.59 Å². The average Bonchev–Trinajstić information content (AvgIpc) is 3.42. The third-order valence-electron chi connectivity index (χ3n) is 4.96. The second-order valence-corrected chi connectivity index (χ2v) is 7.10. The number of hydrogen-bond acceptors (Lipinski definition) is 5. The number of nitrogens with zero attached hydrogens (tertiary/aromatic N) is 1. The summed E-state index contributed by atoms with van der Waals surface area (Å²) in [5, 5.41) is 12.8. The summed E-state index contributed by atoms with van der Waals surface area (Å²) in [7, 11) is 0. The van der Waals surface area contributed by atoms with E-state index in [1.165, 1.54) is 4.90 Å². The summed E-state index contributed by atoms with van der Waals surface area (Å²) in [6.45, 7) is 2.90. The Morgan fingerprint density at radius 2 is 2.00 bits per heavy atom. The molecule has 2 amide bonds. The Labute approximate surface area is 153 Å². The molecular formula is C19H26N2O5. The lowest BCUT2D eigenvalue weighted by molar-refractivity contribution is 0.0900. The number of benzene rings is 1. The Bertz CT molecular complexity index is 620. The molecule has 3 rings (SSSR count). The Morgan fingerprint density at radius 1 is 1.27 bits per heavy atom. The van der Waals surface area contributed by atoms with Crippen LogP contribution in [0, 0.1) is 11.8 Å². The maximum absolute atomic E-state index is 12.2. The van der Waals surface area contributed by atoms with Crippen molar-refractivity contribution in [2.75, 3.05) is 19.6 Å². The van der Waals surface area contributed by atoms with Gasteiger partial charge in [0.15, 0.2) is 0 Å². The van der Waals surface area contributed by atoms with Crippen LogP contribution in [0.15, 0.2) is 30.3 Å². The first-order chi connectivity index (χ1) is 12.5. The smallest absolute Gasteiger partial charge is 0.410 e. The number of alkyl carbamates (subject to hydrolysis) is 1. The third-order valence-corrected chi connectivity index (χ3v) is 4.96. The minimum Gasteiger partial charge on any atom is -0.446 e. The molecule has 0 bridgehead atoms. The lowest BCUT2D eigenvalue weighted by Gasteiger charge is -2.17. The second kappa shape index (κ2) is 8.40. The van der Waals surface area contributed by atoms with Crippen molar-refractivity contribution in [3.05, 3.63) is 35.9 Å². The molecule has 142 valence electrons. The van der Waals surface area contributed by atoms with Crippen molar-refractivity contribution in [2.45, 2.75) is 38.6 Å². The van der Waals surface area contributed by atoms with Crippen LogP contribution in [-0.4, -0.2) is 54.0 Å². The first-order valence-electron chi connectivity index (χ1n) is 9.11. The van der Waals surface area contributed by atoms with Crippen LogP contribution in [0.3, 0.4) is 0 Å². The van der Waals surface area contributed by atoms with E-state index in [4.69, 9.17) is 9.47 Å². The summed E-state index contributed by atoms with van der Waals surface area (Å²) in [6.07, 6.45) is 0.515. The first-order valence-corrected chi connectivity index (χ1v) is 9.11. The van der Waals surface area contributed by atoms with E-state index in [-0.39, 0.29) is 31.7 Å². The topological polar surface area (TPSA) is 88.1 Å². The van der Waals surface area contributed by atoms with Crippen molar-refractivity contribution >= 4 is 12.2 Å². The molecule has 2 aliphatic rings. The number of rotatable bonds is 6. The van der Waals surface area contributed by atoms with Gasteiger partial charge in [0.25, 0.3) is 0 Å². The zero-order valence-electron chi connectivity index (χ0n) is 15.0. The molecule has 7 nitrogen and oxygen atoms in total. The molecule has 1 saturated carbocycles. The largest absolute Gasteiger partial charge is 0.446 e. The SMILES string of the molecule is C[C@@H](OC(=O)NC[C@@H]1CN(C(=O)OCc2ccccc2)C[C@@H]1O)C1CC1. The van der Waals surface area contributed by atoms with Crippen LogP contribution in [0.5, 0.6) is 0 Å². The number of hydrogen-bond donors (Lipinski definition) is 2. The van der Waals surface area contributed by atoms with E-state index in [1.54, 1.807) is 0 Å². The van der Waals surface area contributed by atoms with E-state index in [9.17, 15) is 14.7 Å². The fourth-order valence-electron chi connectivity index (χ4n) is 3.10. The number of carbonyl (C=O) groups is 2. The van der Waals surface area contributed by atoms with Crippen LogP contribution < -0.4 is 5.32 Å². The molecule has 1 heterocycles. The van der Waals surface area contributed by atoms with Crippen molar-refractivity contribution in [2.24, 2.45) is 11.8 Å². The normalized spacial score (nSPS) is 23.4. The highest BCUT2D eigenvalue weighted by molar-refractivity contribution is 5.68. The molecule has 1 aliphatic carbocycles. The van der Waals surface area contributed by atoms with Gasteiger partial charge in [-0.2, -0.15) is 0 Å². The summed E-state index contributed by atoms with van der Waals surface area (Å²) < 4.78 is 10.6. The highest BCUT2D eigenvalue weighted by atomic mass is 16.6. The second-order valence-electron chi connectivity index (χ2n) is 7.10. The van der Waals surface area contributed by atoms with Crippen molar-refractivity contribution in [3.8, 4) is 0 Å². The van der Waals surface area contributed by atoms with E-state index in [0.29, 0.717) is 12.5 Å². The molecule has 1 aromatic rings. The molecule has 0 aromatic heterocycles. The number of nitrogens with one attached hydrogen (secondary N) is 1. The Morgan fingerprint density at radius 3 is 2.69 bits per heavy atom. The van der Waals surface area contributed by atoms with Crippen molar-refractivity contribution in [1.29, 1.82) is 0 Å². The zero-order valence-corrected chi connectivity index (χ0v) is 15.0. The minimum atomic E-state index is -0.694. The third kappa shape index (κ3) is 5.11. The quantitative estimate of drug-likeness (QED) is 0.809. The van der Waals surface area contributed by atoms with Gasteiger partial charge in [-0.05, 0) is 31.2 Å². The summed E-state index contributed by atoms with van der Waals surface area (Å²) in [5.74, 6) is 0.246. The van der Waals surface area contributed by atoms with Gasteiger partial charge >= 0.3 is 12.2 Å². The highest BCUT2D eigenvalue weighted by Gasteiger charge is 2.35. The molecule has 0 unspecified atom stereocenters. The van der Waals surface area contributed by atoms with Gasteiger partial charge in [-0.3, -0.25) is 0 Å². The van der Waals surface area contributed by atoms with Crippen LogP contribution in [0.2, 0.25) is 0 Å². The van der Waals surface area contributed by atoms with Crippen LogP contribution in [0.25, 0.3) is 0 Å². The van der Waals surface area contributed by atoms with Crippen LogP contribution in [0.1, 0.15) is 25.3 Å². The Hall–Kier alpha value is -2.28. The van der Waals surface area contributed by atoms with Gasteiger partial charge < -0.3 is 24.8 Å². The Kier molecular flexibility index (Phi) is 5.98. The van der Waals surface area contributed by atoms with E-state index >= 15 is 0 Å². The minimum absolute atomic E-state index is 0.0760. The summed E-state index contributed by atoms with van der Waals surface area (Å²) in [5.41, 5.74) is 0.909. The predicted molar refractivity (Wildman–Crippen MR) is 94.4 cm³/mol. The summed E-state index contributed by atoms with van der Waals surface area (Å²) >= 11 is 0. The number of β-amino-alcohol motifs (C(OH)–C–C–N with tert-alkyl or cyclic N) is 1. The van der Waals surface area contributed by atoms with Gasteiger partial charge in [-0.1, -0.05) is 30.3 Å². The molecule has 2 N–H and O–H groups in total. The molecule has 3 atom stereocenters. The number of ether oxygens (including phenoxy) is 2. The zero-order chi connectivity index (χ0) is 18.5. The van der Waals surface area contributed by atoms with E-state index in [0.717, 1.165) is 18.4 Å². The maximum Gasteiger partial charge on any atom is 0.410 e. The lowest BCUT2D eigenvalue weighted by Crippen LogP contribution is -2.36. The molecule has 0 spiro atoms. The van der Waals surface area contributed by atoms with Gasteiger partial charge in [-0.15, -0.1) is 0 Å². The van der Waals surface area contributed by atoms with Crippen LogP contribution >= 0.6 is 0 Å². The summed E-state index contributed by atoms with van der Waals surface area (Å²) in [4.78, 5) is 25.4. The molecular weight excluding hydrogens is 336 g/mol. The van der Waals surface area contributed by atoms with Gasteiger partial charge in [0.05, 0.1) is 12.6 Å². The molecule has 26 heavy (non-hydrogen) atoms. The van der Waals surface area contributed by atoms with Gasteiger partial charge in [0.1, 0.15) is 12.7 Å². The van der Waals surface area contributed by atoms with Crippen molar-refractivity contribution < 1.29 is 24.2 Å². The molecule has 7 heteroatoms. The fourth-order valence-corrected chi connectivity index (χ4v) is 3.10. The van der Waals surface area contributed by atoms with E-state index < -0.39 is 18.3 Å². The van der Waals surface area contributed by atoms with E-state index in [1.807, 2.05) is 37.3 Å².